The second kappa shape index (κ2) is 8.91. The molecule has 0 N–H and O–H groups in total. The molecule has 0 saturated heterocycles. The van der Waals surface area contributed by atoms with Crippen LogP contribution in [0.15, 0.2) is 88.8 Å². The number of benzene rings is 4. The summed E-state index contributed by atoms with van der Waals surface area (Å²) < 4.78 is 8.82. The second-order valence-electron chi connectivity index (χ2n) is 8.61. The lowest BCUT2D eigenvalue weighted by atomic mass is 10.1. The predicted molar refractivity (Wildman–Crippen MR) is 151 cm³/mol. The molecular weight excluding hydrogens is 468 g/mol. The standard InChI is InChI=1S/C30H25N2OS2/c1-31-25-16-12-21(9-8-20-10-14-23(33-3)15-11-20)18-27(25)34-28(31)19-29-32(2)26-17-13-22-6-4-5-7-24(22)30(26)35-29/h4-19H,1-3H3/q+1/b9-8+. The zero-order valence-corrected chi connectivity index (χ0v) is 21.5. The van der Waals surface area contributed by atoms with E-state index in [0.717, 1.165) is 11.3 Å². The van der Waals surface area contributed by atoms with Gasteiger partial charge >= 0.3 is 0 Å². The number of hydrogen-bond donors (Lipinski definition) is 0. The lowest BCUT2D eigenvalue weighted by Gasteiger charge is -2.12. The van der Waals surface area contributed by atoms with Crippen LogP contribution in [0, 0.1) is 0 Å². The Bertz CT molecular complexity index is 1630. The summed E-state index contributed by atoms with van der Waals surface area (Å²) in [5.74, 6) is 0.874. The molecule has 2 heterocycles. The zero-order valence-electron chi connectivity index (χ0n) is 19.9. The second-order valence-corrected chi connectivity index (χ2v) is 10.7. The van der Waals surface area contributed by atoms with Crippen molar-refractivity contribution in [1.82, 2.24) is 0 Å². The summed E-state index contributed by atoms with van der Waals surface area (Å²) in [6, 6.07) is 27.9. The Balaban J connectivity index is 1.31. The minimum Gasteiger partial charge on any atom is -0.497 e. The Labute approximate surface area is 213 Å². The van der Waals surface area contributed by atoms with E-state index in [2.05, 4.69) is 109 Å². The molecule has 35 heavy (non-hydrogen) atoms. The normalized spacial score (nSPS) is 14.5. The molecule has 5 heteroatoms. The average molecular weight is 494 g/mol. The van der Waals surface area contributed by atoms with Crippen LogP contribution in [-0.2, 0) is 7.05 Å². The molecule has 0 amide bonds. The molecule has 0 fully saturated rings. The van der Waals surface area contributed by atoms with Crippen molar-refractivity contribution in [2.24, 2.45) is 7.05 Å². The fraction of sp³-hybridized carbons (Fsp3) is 0.100. The summed E-state index contributed by atoms with van der Waals surface area (Å²) in [6.07, 6.45) is 6.63. The van der Waals surface area contributed by atoms with E-state index in [1.807, 2.05) is 35.2 Å². The highest BCUT2D eigenvalue weighted by Crippen LogP contribution is 2.49. The largest absolute Gasteiger partial charge is 0.497 e. The zero-order chi connectivity index (χ0) is 23.9. The summed E-state index contributed by atoms with van der Waals surface area (Å²) in [6.45, 7) is 0. The highest BCUT2D eigenvalue weighted by molar-refractivity contribution is 8.04. The number of thiazole rings is 1. The van der Waals surface area contributed by atoms with Crippen molar-refractivity contribution in [3.63, 3.8) is 0 Å². The van der Waals surface area contributed by atoms with Crippen molar-refractivity contribution >= 4 is 68.0 Å². The first-order chi connectivity index (χ1) is 17.1. The Morgan fingerprint density at radius 3 is 2.49 bits per heavy atom. The smallest absolute Gasteiger partial charge is 0.265 e. The topological polar surface area (TPSA) is 16.4 Å². The van der Waals surface area contributed by atoms with Gasteiger partial charge in [-0.2, -0.15) is 4.57 Å². The van der Waals surface area contributed by atoms with Gasteiger partial charge in [-0.15, -0.1) is 0 Å². The number of nitrogens with zero attached hydrogens (tertiary/aromatic N) is 2. The van der Waals surface area contributed by atoms with Crippen LogP contribution in [0.2, 0.25) is 0 Å². The molecule has 172 valence electrons. The summed E-state index contributed by atoms with van der Waals surface area (Å²) in [4.78, 5) is 3.64. The maximum Gasteiger partial charge on any atom is 0.265 e. The van der Waals surface area contributed by atoms with E-state index in [1.54, 1.807) is 7.11 Å². The molecule has 5 aromatic rings. The van der Waals surface area contributed by atoms with Gasteiger partial charge in [-0.05, 0) is 52.2 Å². The van der Waals surface area contributed by atoms with Crippen LogP contribution < -0.4 is 14.2 Å². The number of ether oxygens (including phenoxy) is 1. The maximum atomic E-state index is 5.25. The van der Waals surface area contributed by atoms with E-state index in [4.69, 9.17) is 4.74 Å². The minimum atomic E-state index is 0.874. The third-order valence-electron chi connectivity index (χ3n) is 6.48. The van der Waals surface area contributed by atoms with Crippen molar-refractivity contribution < 1.29 is 9.30 Å². The van der Waals surface area contributed by atoms with Gasteiger partial charge in [0.1, 0.15) is 17.5 Å². The summed E-state index contributed by atoms with van der Waals surface area (Å²) in [7, 11) is 6.00. The molecule has 0 saturated carbocycles. The summed E-state index contributed by atoms with van der Waals surface area (Å²) in [5.41, 5.74) is 4.87. The number of anilines is 1. The number of methoxy groups -OCH3 is 1. The summed E-state index contributed by atoms with van der Waals surface area (Å²) in [5, 5.41) is 5.09. The van der Waals surface area contributed by atoms with Gasteiger partial charge in [0.15, 0.2) is 0 Å². The molecule has 4 aromatic carbocycles. The van der Waals surface area contributed by atoms with Crippen LogP contribution in [-0.4, -0.2) is 14.2 Å². The first kappa shape index (κ1) is 22.0. The first-order valence-electron chi connectivity index (χ1n) is 11.5. The van der Waals surface area contributed by atoms with E-state index in [-0.39, 0.29) is 0 Å². The van der Waals surface area contributed by atoms with E-state index in [0.29, 0.717) is 0 Å². The Kier molecular flexibility index (Phi) is 5.59. The van der Waals surface area contributed by atoms with Crippen molar-refractivity contribution in [2.45, 2.75) is 4.90 Å². The van der Waals surface area contributed by atoms with E-state index >= 15 is 0 Å². The fourth-order valence-corrected chi connectivity index (χ4v) is 6.88. The molecule has 6 rings (SSSR count). The van der Waals surface area contributed by atoms with Crippen molar-refractivity contribution in [2.75, 3.05) is 19.1 Å². The monoisotopic (exact) mass is 493 g/mol. The number of hydrogen-bond acceptors (Lipinski definition) is 4. The molecule has 1 aliphatic rings. The molecule has 0 radical (unpaired) electrons. The van der Waals surface area contributed by atoms with Gasteiger partial charge in [0, 0.05) is 18.0 Å². The Morgan fingerprint density at radius 2 is 1.66 bits per heavy atom. The molecule has 0 atom stereocenters. The molecule has 1 aromatic heterocycles. The Hall–Kier alpha value is -3.54. The summed E-state index contributed by atoms with van der Waals surface area (Å²) >= 11 is 3.69. The van der Waals surface area contributed by atoms with Crippen LogP contribution in [0.3, 0.4) is 0 Å². The third-order valence-corrected chi connectivity index (χ3v) is 8.86. The molecule has 0 spiro atoms. The van der Waals surface area contributed by atoms with Gasteiger partial charge in [0.2, 0.25) is 5.52 Å². The molecule has 0 unspecified atom stereocenters. The lowest BCUT2D eigenvalue weighted by molar-refractivity contribution is -0.642. The lowest BCUT2D eigenvalue weighted by Crippen LogP contribution is -2.29. The number of aromatic nitrogens is 1. The van der Waals surface area contributed by atoms with Gasteiger partial charge in [-0.25, -0.2) is 0 Å². The Morgan fingerprint density at radius 1 is 0.886 bits per heavy atom. The molecule has 3 nitrogen and oxygen atoms in total. The number of fused-ring (bicyclic) bond motifs is 4. The molecular formula is C30H25N2OS2+. The van der Waals surface area contributed by atoms with Crippen molar-refractivity contribution in [1.29, 1.82) is 0 Å². The van der Waals surface area contributed by atoms with Crippen LogP contribution in [0.4, 0.5) is 5.69 Å². The van der Waals surface area contributed by atoms with Crippen molar-refractivity contribution in [3.8, 4) is 5.75 Å². The number of thioether (sulfide) groups is 1. The minimum absolute atomic E-state index is 0.874. The van der Waals surface area contributed by atoms with Gasteiger partial charge in [-0.3, -0.25) is 0 Å². The molecule has 1 aliphatic heterocycles. The van der Waals surface area contributed by atoms with Gasteiger partial charge < -0.3 is 9.64 Å². The van der Waals surface area contributed by atoms with Gasteiger partial charge in [0.05, 0.1) is 23.9 Å². The van der Waals surface area contributed by atoms with Gasteiger partial charge in [0.25, 0.3) is 5.01 Å². The van der Waals surface area contributed by atoms with E-state index in [1.165, 1.54) is 47.2 Å². The van der Waals surface area contributed by atoms with Crippen molar-refractivity contribution in [3.05, 3.63) is 100 Å². The number of aryl methyl sites for hydroxylation is 1. The van der Waals surface area contributed by atoms with Gasteiger partial charge in [-0.1, -0.05) is 77.7 Å². The van der Waals surface area contributed by atoms with Crippen LogP contribution in [0.1, 0.15) is 16.1 Å². The SMILES string of the molecule is COc1ccc(/C=C/c2ccc3c(c2)sc(/C=C2/Sc4c(ccc5ccccc45)N2C)[n+]3C)cc1. The quantitative estimate of drug-likeness (QED) is 0.189. The highest BCUT2D eigenvalue weighted by Gasteiger charge is 2.26. The highest BCUT2D eigenvalue weighted by atomic mass is 32.2. The average Bonchev–Trinajstić information content (AvgIpc) is 3.39. The number of rotatable bonds is 4. The third kappa shape index (κ3) is 4.01. The van der Waals surface area contributed by atoms with E-state index < -0.39 is 0 Å². The maximum absolute atomic E-state index is 5.25. The molecule has 0 bridgehead atoms. The first-order valence-corrected chi connectivity index (χ1v) is 13.1. The van der Waals surface area contributed by atoms with Crippen LogP contribution in [0.25, 0.3) is 39.2 Å². The van der Waals surface area contributed by atoms with E-state index in [9.17, 15) is 0 Å². The molecule has 0 aliphatic carbocycles. The van der Waals surface area contributed by atoms with Crippen LogP contribution >= 0.6 is 23.1 Å². The van der Waals surface area contributed by atoms with Crippen LogP contribution in [0.5, 0.6) is 5.75 Å². The fourth-order valence-electron chi connectivity index (χ4n) is 4.45. The predicted octanol–water partition coefficient (Wildman–Crippen LogP) is 7.60.